The van der Waals surface area contributed by atoms with Crippen LogP contribution in [0.5, 0.6) is 0 Å². The molecule has 22 heavy (non-hydrogen) atoms. The summed E-state index contributed by atoms with van der Waals surface area (Å²) < 4.78 is 34.4. The molecule has 7 heteroatoms. The number of fused-ring (bicyclic) bond motifs is 1. The Kier molecular flexibility index (Phi) is 3.52. The summed E-state index contributed by atoms with van der Waals surface area (Å²) in [6.45, 7) is 0.190. The van der Waals surface area contributed by atoms with Crippen LogP contribution in [-0.2, 0) is 15.0 Å². The molecule has 0 bridgehead atoms. The normalized spacial score (nSPS) is 19.0. The van der Waals surface area contributed by atoms with Gasteiger partial charge < -0.3 is 10.6 Å². The van der Waals surface area contributed by atoms with Crippen LogP contribution in [0, 0.1) is 5.92 Å². The van der Waals surface area contributed by atoms with Gasteiger partial charge in [0, 0.05) is 35.3 Å². The Morgan fingerprint density at radius 3 is 2.59 bits per heavy atom. The summed E-state index contributed by atoms with van der Waals surface area (Å²) in [4.78, 5) is 13.7. The average Bonchev–Trinajstić information content (AvgIpc) is 2.77. The predicted molar refractivity (Wildman–Crippen MR) is 83.7 cm³/mol. The molecular formula is C15H15FN2O3S. The predicted octanol–water partition coefficient (Wildman–Crippen LogP) is 2.07. The van der Waals surface area contributed by atoms with Crippen LogP contribution in [0.15, 0.2) is 36.4 Å². The van der Waals surface area contributed by atoms with Gasteiger partial charge in [-0.2, -0.15) is 8.42 Å². The molecular weight excluding hydrogens is 307 g/mol. The fourth-order valence-corrected chi connectivity index (χ4v) is 3.75. The van der Waals surface area contributed by atoms with Crippen molar-refractivity contribution in [3.8, 4) is 0 Å². The van der Waals surface area contributed by atoms with E-state index in [9.17, 15) is 17.1 Å². The highest BCUT2D eigenvalue weighted by Gasteiger charge is 2.34. The first-order chi connectivity index (χ1) is 10.3. The van der Waals surface area contributed by atoms with Crippen molar-refractivity contribution in [2.75, 3.05) is 22.9 Å². The number of hydrogen-bond acceptors (Lipinski definition) is 4. The van der Waals surface area contributed by atoms with E-state index in [-0.39, 0.29) is 18.9 Å². The fraction of sp³-hybridized carbons (Fsp3) is 0.267. The van der Waals surface area contributed by atoms with Gasteiger partial charge in [0.2, 0.25) is 5.91 Å². The maximum atomic E-state index is 12.8. The van der Waals surface area contributed by atoms with Crippen molar-refractivity contribution in [2.24, 2.45) is 5.92 Å². The van der Waals surface area contributed by atoms with Crippen LogP contribution in [0.4, 0.5) is 15.3 Å². The molecule has 1 fully saturated rings. The number of hydrogen-bond donors (Lipinski definition) is 1. The van der Waals surface area contributed by atoms with Crippen LogP contribution in [-0.4, -0.2) is 26.6 Å². The van der Waals surface area contributed by atoms with Crippen LogP contribution in [0.25, 0.3) is 10.8 Å². The summed E-state index contributed by atoms with van der Waals surface area (Å²) in [6.07, 6.45) is 0.0296. The number of nitrogen functional groups attached to an aromatic ring is 1. The molecule has 0 saturated carbocycles. The second-order valence-electron chi connectivity index (χ2n) is 5.50. The van der Waals surface area contributed by atoms with Crippen LogP contribution < -0.4 is 10.6 Å². The molecule has 1 saturated heterocycles. The van der Waals surface area contributed by atoms with E-state index in [4.69, 9.17) is 5.73 Å². The lowest BCUT2D eigenvalue weighted by Gasteiger charge is -2.19. The van der Waals surface area contributed by atoms with Gasteiger partial charge >= 0.3 is 10.2 Å². The van der Waals surface area contributed by atoms with Crippen LogP contribution >= 0.6 is 0 Å². The quantitative estimate of drug-likeness (QED) is 0.693. The van der Waals surface area contributed by atoms with Crippen molar-refractivity contribution < 1.29 is 17.1 Å². The number of nitrogens with two attached hydrogens (primary N) is 1. The minimum absolute atomic E-state index is 0.0296. The highest BCUT2D eigenvalue weighted by Crippen LogP contribution is 2.34. The van der Waals surface area contributed by atoms with Gasteiger partial charge in [0.05, 0.1) is 11.4 Å². The fourth-order valence-electron chi connectivity index (χ4n) is 2.96. The third kappa shape index (κ3) is 2.76. The first kappa shape index (κ1) is 14.8. The number of benzene rings is 2. The van der Waals surface area contributed by atoms with E-state index in [0.29, 0.717) is 11.4 Å². The maximum absolute atomic E-state index is 12.8. The van der Waals surface area contributed by atoms with Gasteiger partial charge in [-0.1, -0.05) is 24.3 Å². The highest BCUT2D eigenvalue weighted by atomic mass is 32.3. The molecule has 5 nitrogen and oxygen atoms in total. The third-order valence-electron chi connectivity index (χ3n) is 3.86. The molecule has 0 spiro atoms. The lowest BCUT2D eigenvalue weighted by molar-refractivity contribution is -0.117. The van der Waals surface area contributed by atoms with E-state index in [0.717, 1.165) is 10.8 Å². The molecule has 0 aliphatic carbocycles. The van der Waals surface area contributed by atoms with Crippen molar-refractivity contribution >= 4 is 38.3 Å². The summed E-state index contributed by atoms with van der Waals surface area (Å²) in [6, 6.07) is 10.9. The van der Waals surface area contributed by atoms with E-state index >= 15 is 0 Å². The lowest BCUT2D eigenvalue weighted by Crippen LogP contribution is -2.25. The first-order valence-electron chi connectivity index (χ1n) is 6.85. The molecule has 1 aliphatic heterocycles. The van der Waals surface area contributed by atoms with Crippen LogP contribution in [0.3, 0.4) is 0 Å². The molecule has 1 unspecified atom stereocenters. The highest BCUT2D eigenvalue weighted by molar-refractivity contribution is 7.86. The Balaban J connectivity index is 1.98. The van der Waals surface area contributed by atoms with Crippen molar-refractivity contribution in [2.45, 2.75) is 6.42 Å². The molecule has 1 heterocycles. The topological polar surface area (TPSA) is 80.5 Å². The van der Waals surface area contributed by atoms with Crippen molar-refractivity contribution in [3.63, 3.8) is 0 Å². The summed E-state index contributed by atoms with van der Waals surface area (Å²) in [7, 11) is -4.58. The number of anilines is 2. The molecule has 2 aromatic rings. The van der Waals surface area contributed by atoms with Crippen molar-refractivity contribution in [3.05, 3.63) is 36.4 Å². The molecule has 0 aromatic heterocycles. The third-order valence-corrected chi connectivity index (χ3v) is 4.73. The van der Waals surface area contributed by atoms with E-state index in [2.05, 4.69) is 0 Å². The zero-order valence-corrected chi connectivity index (χ0v) is 12.5. The smallest absolute Gasteiger partial charge is 0.302 e. The molecule has 1 atom stereocenters. The van der Waals surface area contributed by atoms with Gasteiger partial charge in [0.25, 0.3) is 0 Å². The Bertz CT molecular complexity index is 851. The van der Waals surface area contributed by atoms with Gasteiger partial charge in [-0.15, -0.1) is 3.89 Å². The number of halogens is 1. The number of amides is 1. The van der Waals surface area contributed by atoms with Gasteiger partial charge in [0.1, 0.15) is 0 Å². The SMILES string of the molecule is Nc1cccc2c(N3CC(CS(=O)(=O)F)CC3=O)cccc12. The molecule has 116 valence electrons. The van der Waals surface area contributed by atoms with Gasteiger partial charge in [0.15, 0.2) is 0 Å². The standard InChI is InChI=1S/C15H15FN2O3S/c16-22(20,21)9-10-7-15(19)18(8-10)14-6-2-3-11-12(14)4-1-5-13(11)17/h1-6,10H,7-9,17H2. The minimum atomic E-state index is -4.58. The molecule has 1 aliphatic rings. The minimum Gasteiger partial charge on any atom is -0.398 e. The molecule has 0 radical (unpaired) electrons. The summed E-state index contributed by atoms with van der Waals surface area (Å²) in [5.74, 6) is -1.36. The number of carbonyl (C=O) groups excluding carboxylic acids is 1. The molecule has 1 amide bonds. The largest absolute Gasteiger partial charge is 0.398 e. The van der Waals surface area contributed by atoms with E-state index in [1.165, 1.54) is 4.90 Å². The van der Waals surface area contributed by atoms with E-state index in [1.54, 1.807) is 24.3 Å². The van der Waals surface area contributed by atoms with Gasteiger partial charge in [-0.05, 0) is 12.1 Å². The number of carbonyl (C=O) groups is 1. The van der Waals surface area contributed by atoms with Crippen molar-refractivity contribution in [1.29, 1.82) is 0 Å². The molecule has 3 rings (SSSR count). The zero-order chi connectivity index (χ0) is 15.9. The van der Waals surface area contributed by atoms with E-state index < -0.39 is 21.9 Å². The second kappa shape index (κ2) is 5.24. The van der Waals surface area contributed by atoms with Gasteiger partial charge in [-0.25, -0.2) is 0 Å². The van der Waals surface area contributed by atoms with Crippen LogP contribution in [0.2, 0.25) is 0 Å². The Morgan fingerprint density at radius 1 is 1.18 bits per heavy atom. The maximum Gasteiger partial charge on any atom is 0.302 e. The zero-order valence-electron chi connectivity index (χ0n) is 11.7. The first-order valence-corrected chi connectivity index (χ1v) is 8.40. The summed E-state index contributed by atoms with van der Waals surface area (Å²) >= 11 is 0. The molecule has 2 aromatic carbocycles. The van der Waals surface area contributed by atoms with Crippen molar-refractivity contribution in [1.82, 2.24) is 0 Å². The lowest BCUT2D eigenvalue weighted by atomic mass is 10.1. The Labute approximate surface area is 127 Å². The van der Waals surface area contributed by atoms with E-state index in [1.807, 2.05) is 12.1 Å². The summed E-state index contributed by atoms with van der Waals surface area (Å²) in [5, 5.41) is 1.65. The summed E-state index contributed by atoms with van der Waals surface area (Å²) in [5.41, 5.74) is 7.22. The monoisotopic (exact) mass is 322 g/mol. The second-order valence-corrected chi connectivity index (χ2v) is 6.91. The Hall–Kier alpha value is -2.15. The van der Waals surface area contributed by atoms with Crippen LogP contribution in [0.1, 0.15) is 6.42 Å². The number of nitrogens with zero attached hydrogens (tertiary/aromatic N) is 1. The average molecular weight is 322 g/mol. The number of rotatable bonds is 3. The van der Waals surface area contributed by atoms with Gasteiger partial charge in [-0.3, -0.25) is 4.79 Å². The molecule has 2 N–H and O–H groups in total. The Morgan fingerprint density at radius 2 is 1.86 bits per heavy atom.